The summed E-state index contributed by atoms with van der Waals surface area (Å²) in [5.41, 5.74) is 0.113. The summed E-state index contributed by atoms with van der Waals surface area (Å²) >= 11 is 0.852. The van der Waals surface area contributed by atoms with E-state index in [2.05, 4.69) is 4.74 Å². The third-order valence-corrected chi connectivity index (χ3v) is 2.07. The number of aromatic hydroxyl groups is 1. The third kappa shape index (κ3) is 1.38. The van der Waals surface area contributed by atoms with Crippen LogP contribution < -0.4 is 0 Å². The van der Waals surface area contributed by atoms with E-state index in [1.165, 1.54) is 13.2 Å². The van der Waals surface area contributed by atoms with E-state index in [0.717, 1.165) is 11.3 Å². The molecule has 0 aliphatic heterocycles. The van der Waals surface area contributed by atoms with Crippen molar-refractivity contribution in [3.8, 4) is 11.1 Å². The zero-order chi connectivity index (χ0) is 9.14. The predicted molar refractivity (Wildman–Crippen MR) is 42.0 cm³/mol. The van der Waals surface area contributed by atoms with Crippen molar-refractivity contribution in [2.24, 2.45) is 0 Å². The number of thiophene rings is 1. The first-order valence-electron chi connectivity index (χ1n) is 3.00. The maximum absolute atomic E-state index is 10.9. The van der Waals surface area contributed by atoms with Crippen LogP contribution in [-0.2, 0) is 4.74 Å². The molecule has 1 N–H and O–H groups in total. The van der Waals surface area contributed by atoms with E-state index in [0.29, 0.717) is 0 Å². The molecule has 0 radical (unpaired) electrons. The van der Waals surface area contributed by atoms with Crippen molar-refractivity contribution in [1.82, 2.24) is 0 Å². The van der Waals surface area contributed by atoms with Gasteiger partial charge in [-0.2, -0.15) is 5.26 Å². The maximum atomic E-state index is 10.9. The van der Waals surface area contributed by atoms with E-state index in [1.54, 1.807) is 6.07 Å². The van der Waals surface area contributed by atoms with Gasteiger partial charge in [-0.25, -0.2) is 4.79 Å². The first-order valence-corrected chi connectivity index (χ1v) is 3.82. The fourth-order valence-corrected chi connectivity index (χ4v) is 1.41. The molecule has 12 heavy (non-hydrogen) atoms. The molecule has 0 aliphatic carbocycles. The molecule has 1 aromatic heterocycles. The molecule has 4 nitrogen and oxygen atoms in total. The van der Waals surface area contributed by atoms with Crippen LogP contribution in [-0.4, -0.2) is 18.2 Å². The first-order chi connectivity index (χ1) is 5.69. The number of hydrogen-bond donors (Lipinski definition) is 1. The van der Waals surface area contributed by atoms with Crippen molar-refractivity contribution in [3.05, 3.63) is 16.5 Å². The Hall–Kier alpha value is -1.54. The van der Waals surface area contributed by atoms with Crippen LogP contribution in [0.4, 0.5) is 0 Å². The Kier molecular flexibility index (Phi) is 2.31. The average molecular weight is 183 g/mol. The number of nitriles is 1. The predicted octanol–water partition coefficient (Wildman–Crippen LogP) is 1.11. The molecule has 0 atom stereocenters. The molecule has 0 saturated carbocycles. The summed E-state index contributed by atoms with van der Waals surface area (Å²) < 4.78 is 4.40. The molecule has 0 saturated heterocycles. The van der Waals surface area contributed by atoms with Gasteiger partial charge in [-0.3, -0.25) is 0 Å². The van der Waals surface area contributed by atoms with Crippen molar-refractivity contribution >= 4 is 17.3 Å². The highest BCUT2D eigenvalue weighted by atomic mass is 32.1. The third-order valence-electron chi connectivity index (χ3n) is 1.23. The topological polar surface area (TPSA) is 70.3 Å². The number of methoxy groups -OCH3 is 1. The first kappa shape index (κ1) is 8.56. The summed E-state index contributed by atoms with van der Waals surface area (Å²) in [5, 5.41) is 17.4. The Morgan fingerprint density at radius 2 is 2.50 bits per heavy atom. The largest absolute Gasteiger partial charge is 0.499 e. The van der Waals surface area contributed by atoms with Crippen molar-refractivity contribution in [1.29, 1.82) is 5.26 Å². The van der Waals surface area contributed by atoms with Crippen LogP contribution in [0, 0.1) is 11.3 Å². The quantitative estimate of drug-likeness (QED) is 0.662. The standard InChI is InChI=1S/C7H5NO3S/c1-11-7(10)4-2-6(9)12-5(4)3-8/h2,9H,1H3. The van der Waals surface area contributed by atoms with Crippen LogP contribution in [0.2, 0.25) is 0 Å². The van der Waals surface area contributed by atoms with Gasteiger partial charge in [0.1, 0.15) is 10.9 Å². The highest BCUT2D eigenvalue weighted by Gasteiger charge is 2.15. The Morgan fingerprint density at radius 3 is 3.00 bits per heavy atom. The summed E-state index contributed by atoms with van der Waals surface area (Å²) in [5.74, 6) is -0.608. The Labute approximate surface area is 72.6 Å². The van der Waals surface area contributed by atoms with Gasteiger partial charge in [0.2, 0.25) is 0 Å². The minimum Gasteiger partial charge on any atom is -0.499 e. The molecule has 0 aliphatic rings. The molecule has 1 aromatic rings. The number of hydrogen-bond acceptors (Lipinski definition) is 5. The molecule has 62 valence electrons. The van der Waals surface area contributed by atoms with E-state index in [-0.39, 0.29) is 15.5 Å². The number of ether oxygens (including phenoxy) is 1. The van der Waals surface area contributed by atoms with Gasteiger partial charge in [-0.1, -0.05) is 11.3 Å². The summed E-state index contributed by atoms with van der Waals surface area (Å²) in [7, 11) is 1.22. The van der Waals surface area contributed by atoms with Gasteiger partial charge >= 0.3 is 5.97 Å². The molecule has 0 aromatic carbocycles. The van der Waals surface area contributed by atoms with Crippen LogP contribution in [0.1, 0.15) is 15.2 Å². The monoisotopic (exact) mass is 183 g/mol. The Morgan fingerprint density at radius 1 is 1.83 bits per heavy atom. The van der Waals surface area contributed by atoms with Crippen LogP contribution >= 0.6 is 11.3 Å². The lowest BCUT2D eigenvalue weighted by Crippen LogP contribution is -2.00. The molecular formula is C7H5NO3S. The van der Waals surface area contributed by atoms with Gasteiger partial charge < -0.3 is 9.84 Å². The molecule has 1 rings (SSSR count). The normalized spacial score (nSPS) is 9.00. The molecule has 5 heteroatoms. The van der Waals surface area contributed by atoms with Gasteiger partial charge in [-0.05, 0) is 0 Å². The fraction of sp³-hybridized carbons (Fsp3) is 0.143. The number of esters is 1. The summed E-state index contributed by atoms with van der Waals surface area (Å²) in [6.07, 6.45) is 0. The van der Waals surface area contributed by atoms with E-state index in [1.807, 2.05) is 0 Å². The van der Waals surface area contributed by atoms with E-state index in [4.69, 9.17) is 10.4 Å². The van der Waals surface area contributed by atoms with Gasteiger partial charge in [0.05, 0.1) is 12.7 Å². The molecule has 0 spiro atoms. The van der Waals surface area contributed by atoms with Gasteiger partial charge in [0.15, 0.2) is 5.06 Å². The van der Waals surface area contributed by atoms with Crippen LogP contribution in [0.3, 0.4) is 0 Å². The number of carbonyl (C=O) groups is 1. The highest BCUT2D eigenvalue weighted by molar-refractivity contribution is 7.14. The minimum absolute atomic E-state index is 0.0630. The van der Waals surface area contributed by atoms with E-state index < -0.39 is 5.97 Å². The zero-order valence-electron chi connectivity index (χ0n) is 6.20. The Balaban J connectivity index is 3.15. The fourth-order valence-electron chi connectivity index (χ4n) is 0.723. The lowest BCUT2D eigenvalue weighted by Gasteiger charge is -1.92. The Bertz CT molecular complexity index is 350. The summed E-state index contributed by atoms with van der Waals surface area (Å²) in [4.78, 5) is 11.1. The van der Waals surface area contributed by atoms with Crippen molar-refractivity contribution in [2.45, 2.75) is 0 Å². The van der Waals surface area contributed by atoms with Crippen LogP contribution in [0.15, 0.2) is 6.07 Å². The molecule has 1 heterocycles. The second-order valence-corrected chi connectivity index (χ2v) is 2.96. The SMILES string of the molecule is COC(=O)c1cc(O)sc1C#N. The van der Waals surface area contributed by atoms with E-state index in [9.17, 15) is 4.79 Å². The molecular weight excluding hydrogens is 178 g/mol. The van der Waals surface area contributed by atoms with Crippen molar-refractivity contribution < 1.29 is 14.6 Å². The lowest BCUT2D eigenvalue weighted by atomic mass is 10.3. The van der Waals surface area contributed by atoms with Gasteiger partial charge in [0.25, 0.3) is 0 Å². The number of carbonyl (C=O) groups excluding carboxylic acids is 1. The smallest absolute Gasteiger partial charge is 0.340 e. The zero-order valence-corrected chi connectivity index (χ0v) is 7.01. The summed E-state index contributed by atoms with van der Waals surface area (Å²) in [6, 6.07) is 3.01. The second-order valence-electron chi connectivity index (χ2n) is 1.93. The van der Waals surface area contributed by atoms with E-state index >= 15 is 0 Å². The van der Waals surface area contributed by atoms with Gasteiger partial charge in [0, 0.05) is 6.07 Å². The van der Waals surface area contributed by atoms with Crippen LogP contribution in [0.5, 0.6) is 5.06 Å². The molecule has 0 amide bonds. The van der Waals surface area contributed by atoms with Crippen molar-refractivity contribution in [3.63, 3.8) is 0 Å². The summed E-state index contributed by atoms with van der Waals surface area (Å²) in [6.45, 7) is 0. The molecule has 0 unspecified atom stereocenters. The second kappa shape index (κ2) is 3.24. The number of nitrogens with zero attached hydrogens (tertiary/aromatic N) is 1. The average Bonchev–Trinajstić information content (AvgIpc) is 2.45. The molecule has 0 fully saturated rings. The maximum Gasteiger partial charge on any atom is 0.340 e. The van der Waals surface area contributed by atoms with Gasteiger partial charge in [-0.15, -0.1) is 0 Å². The minimum atomic E-state index is -0.608. The lowest BCUT2D eigenvalue weighted by molar-refractivity contribution is 0.0601. The van der Waals surface area contributed by atoms with Crippen LogP contribution in [0.25, 0.3) is 0 Å². The number of rotatable bonds is 1. The highest BCUT2D eigenvalue weighted by Crippen LogP contribution is 2.27. The van der Waals surface area contributed by atoms with Crippen molar-refractivity contribution in [2.75, 3.05) is 7.11 Å². The molecule has 0 bridgehead atoms.